The van der Waals surface area contributed by atoms with Gasteiger partial charge in [-0.2, -0.15) is 0 Å². The number of aromatic nitrogens is 3. The molecule has 0 amide bonds. The minimum absolute atomic E-state index is 0.400. The zero-order valence-electron chi connectivity index (χ0n) is 11.8. The molecule has 0 bridgehead atoms. The van der Waals surface area contributed by atoms with Gasteiger partial charge in [0.15, 0.2) is 0 Å². The van der Waals surface area contributed by atoms with Crippen molar-refractivity contribution >= 4 is 26.9 Å². The molecule has 2 heterocycles. The lowest BCUT2D eigenvalue weighted by molar-refractivity contribution is 0.575. The molecule has 2 rings (SSSR count). The fraction of sp³-hybridized carbons (Fsp3) is 0.500. The van der Waals surface area contributed by atoms with Crippen molar-refractivity contribution in [3.8, 4) is 0 Å². The molecule has 0 aromatic carbocycles. The van der Waals surface area contributed by atoms with Gasteiger partial charge in [-0.3, -0.25) is 0 Å². The van der Waals surface area contributed by atoms with Crippen LogP contribution in [-0.2, 0) is 16.6 Å². The summed E-state index contributed by atoms with van der Waals surface area (Å²) in [6, 6.07) is 0. The van der Waals surface area contributed by atoms with E-state index in [2.05, 4.69) is 14.7 Å². The third-order valence-electron chi connectivity index (χ3n) is 3.36. The number of hydrogen-bond donors (Lipinski definition) is 2. The Kier molecular flexibility index (Phi) is 3.96. The average molecular weight is 297 g/mol. The lowest BCUT2D eigenvalue weighted by atomic mass is 10.2. The Bertz CT molecular complexity index is 736. The first-order valence-corrected chi connectivity index (χ1v) is 8.21. The van der Waals surface area contributed by atoms with Gasteiger partial charge in [-0.25, -0.2) is 23.1 Å². The third kappa shape index (κ3) is 2.91. The smallest absolute Gasteiger partial charge is 0.208 e. The Labute approximate surface area is 118 Å². The van der Waals surface area contributed by atoms with Gasteiger partial charge in [-0.1, -0.05) is 0 Å². The fourth-order valence-corrected chi connectivity index (χ4v) is 2.78. The van der Waals surface area contributed by atoms with Gasteiger partial charge in [0.05, 0.1) is 11.6 Å². The molecule has 2 aromatic rings. The van der Waals surface area contributed by atoms with Gasteiger partial charge in [0.2, 0.25) is 10.0 Å². The summed E-state index contributed by atoms with van der Waals surface area (Å²) in [5, 5.41) is 0.876. The highest BCUT2D eigenvalue weighted by atomic mass is 32.2. The van der Waals surface area contributed by atoms with E-state index in [1.165, 1.54) is 6.33 Å². The predicted octanol–water partition coefficient (Wildman–Crippen LogP) is 0.570. The molecule has 0 fully saturated rings. The van der Waals surface area contributed by atoms with Crippen LogP contribution < -0.4 is 10.5 Å². The summed E-state index contributed by atoms with van der Waals surface area (Å²) in [6.45, 7) is 5.07. The second-order valence-corrected chi connectivity index (χ2v) is 6.67. The zero-order valence-corrected chi connectivity index (χ0v) is 12.7. The minimum Gasteiger partial charge on any atom is -0.383 e. The van der Waals surface area contributed by atoms with Crippen molar-refractivity contribution in [2.75, 3.05) is 18.5 Å². The molecule has 0 saturated heterocycles. The summed E-state index contributed by atoms with van der Waals surface area (Å²) < 4.78 is 26.6. The molecule has 20 heavy (non-hydrogen) atoms. The molecule has 3 N–H and O–H groups in total. The molecule has 0 atom stereocenters. The number of aryl methyl sites for hydroxylation is 2. The first-order valence-electron chi connectivity index (χ1n) is 6.31. The summed E-state index contributed by atoms with van der Waals surface area (Å²) in [6.07, 6.45) is 3.28. The van der Waals surface area contributed by atoms with Crippen LogP contribution in [0.25, 0.3) is 11.0 Å². The van der Waals surface area contributed by atoms with E-state index in [1.54, 1.807) is 0 Å². The normalized spacial score (nSPS) is 12.2. The fourth-order valence-electron chi connectivity index (χ4n) is 2.26. The molecule has 7 nitrogen and oxygen atoms in total. The highest BCUT2D eigenvalue weighted by Crippen LogP contribution is 2.26. The van der Waals surface area contributed by atoms with Crippen molar-refractivity contribution < 1.29 is 8.42 Å². The van der Waals surface area contributed by atoms with Crippen molar-refractivity contribution in [2.24, 2.45) is 0 Å². The molecule has 0 saturated carbocycles. The maximum absolute atomic E-state index is 11.0. The number of nitrogens with one attached hydrogen (secondary N) is 1. The molecule has 0 radical (unpaired) electrons. The zero-order chi connectivity index (χ0) is 14.9. The maximum Gasteiger partial charge on any atom is 0.208 e. The lowest BCUT2D eigenvalue weighted by Gasteiger charge is -2.08. The van der Waals surface area contributed by atoms with Crippen molar-refractivity contribution in [1.82, 2.24) is 19.3 Å². The number of nitrogens with zero attached hydrogens (tertiary/aromatic N) is 3. The Hall–Kier alpha value is -1.67. The van der Waals surface area contributed by atoms with Crippen LogP contribution in [0.2, 0.25) is 0 Å². The topological polar surface area (TPSA) is 103 Å². The van der Waals surface area contributed by atoms with Crippen LogP contribution in [0.5, 0.6) is 0 Å². The first kappa shape index (κ1) is 14.7. The first-order chi connectivity index (χ1) is 9.31. The maximum atomic E-state index is 11.0. The van der Waals surface area contributed by atoms with Gasteiger partial charge in [0, 0.05) is 18.8 Å². The van der Waals surface area contributed by atoms with Crippen LogP contribution in [0.15, 0.2) is 6.33 Å². The molecule has 0 aliphatic heterocycles. The van der Waals surface area contributed by atoms with Gasteiger partial charge in [-0.15, -0.1) is 0 Å². The van der Waals surface area contributed by atoms with E-state index < -0.39 is 10.0 Å². The van der Waals surface area contributed by atoms with Crippen molar-refractivity contribution in [2.45, 2.75) is 26.8 Å². The number of nitrogens with two attached hydrogens (primary N) is 1. The van der Waals surface area contributed by atoms with E-state index in [0.29, 0.717) is 25.3 Å². The van der Waals surface area contributed by atoms with Crippen molar-refractivity contribution in [3.05, 3.63) is 17.6 Å². The van der Waals surface area contributed by atoms with Gasteiger partial charge in [0.25, 0.3) is 0 Å². The molecule has 0 aliphatic rings. The van der Waals surface area contributed by atoms with E-state index in [1.807, 2.05) is 18.4 Å². The number of fused-ring (bicyclic) bond motifs is 1. The van der Waals surface area contributed by atoms with Crippen LogP contribution in [0, 0.1) is 13.8 Å². The van der Waals surface area contributed by atoms with Crippen LogP contribution >= 0.6 is 0 Å². The Balaban J connectivity index is 2.23. The van der Waals surface area contributed by atoms with E-state index in [9.17, 15) is 8.42 Å². The van der Waals surface area contributed by atoms with Gasteiger partial charge >= 0.3 is 0 Å². The summed E-state index contributed by atoms with van der Waals surface area (Å²) in [4.78, 5) is 8.30. The number of sulfonamides is 1. The van der Waals surface area contributed by atoms with Crippen molar-refractivity contribution in [1.29, 1.82) is 0 Å². The van der Waals surface area contributed by atoms with Crippen LogP contribution in [0.4, 0.5) is 5.82 Å². The Morgan fingerprint density at radius 3 is 2.70 bits per heavy atom. The highest BCUT2D eigenvalue weighted by molar-refractivity contribution is 7.88. The van der Waals surface area contributed by atoms with Gasteiger partial charge in [-0.05, 0) is 25.8 Å². The Morgan fingerprint density at radius 1 is 1.35 bits per heavy atom. The minimum atomic E-state index is -3.14. The summed E-state index contributed by atoms with van der Waals surface area (Å²) in [5.41, 5.74) is 8.83. The average Bonchev–Trinajstić information content (AvgIpc) is 2.59. The summed E-state index contributed by atoms with van der Waals surface area (Å²) >= 11 is 0. The second kappa shape index (κ2) is 5.37. The van der Waals surface area contributed by atoms with E-state index in [4.69, 9.17) is 5.73 Å². The Morgan fingerprint density at radius 2 is 2.05 bits per heavy atom. The molecular formula is C12H19N5O2S. The van der Waals surface area contributed by atoms with Crippen molar-refractivity contribution in [3.63, 3.8) is 0 Å². The molecule has 0 unspecified atom stereocenters. The number of hydrogen-bond acceptors (Lipinski definition) is 5. The summed E-state index contributed by atoms with van der Waals surface area (Å²) in [7, 11) is -3.14. The largest absolute Gasteiger partial charge is 0.383 e. The molecule has 8 heteroatoms. The van der Waals surface area contributed by atoms with Gasteiger partial charge in [0.1, 0.15) is 17.8 Å². The second-order valence-electron chi connectivity index (χ2n) is 4.84. The number of anilines is 1. The van der Waals surface area contributed by atoms with E-state index in [0.717, 1.165) is 28.5 Å². The third-order valence-corrected chi connectivity index (χ3v) is 4.09. The van der Waals surface area contributed by atoms with Crippen LogP contribution in [0.1, 0.15) is 17.7 Å². The number of rotatable bonds is 5. The monoisotopic (exact) mass is 297 g/mol. The molecule has 0 spiro atoms. The molecular weight excluding hydrogens is 278 g/mol. The number of nitrogen functional groups attached to an aromatic ring is 1. The molecule has 0 aliphatic carbocycles. The lowest BCUT2D eigenvalue weighted by Crippen LogP contribution is -2.24. The van der Waals surface area contributed by atoms with E-state index in [-0.39, 0.29) is 0 Å². The quantitative estimate of drug-likeness (QED) is 0.785. The highest BCUT2D eigenvalue weighted by Gasteiger charge is 2.14. The molecule has 110 valence electrons. The molecule has 2 aromatic heterocycles. The van der Waals surface area contributed by atoms with Crippen LogP contribution in [-0.4, -0.2) is 35.8 Å². The predicted molar refractivity (Wildman–Crippen MR) is 78.9 cm³/mol. The van der Waals surface area contributed by atoms with E-state index >= 15 is 0 Å². The summed E-state index contributed by atoms with van der Waals surface area (Å²) in [5.74, 6) is 0.476. The SMILES string of the molecule is Cc1c(C)n(CCCNS(C)(=O)=O)c2ncnc(N)c12. The van der Waals surface area contributed by atoms with Crippen LogP contribution in [0.3, 0.4) is 0 Å². The standard InChI is InChI=1S/C12H19N5O2S/c1-8-9(2)17(6-4-5-16-20(3,18)19)12-10(8)11(13)14-7-15-12/h7,16H,4-6H2,1-3H3,(H2,13,14,15). The van der Waals surface area contributed by atoms with Gasteiger partial charge < -0.3 is 10.3 Å².